The molecule has 27 heavy (non-hydrogen) atoms. The van der Waals surface area contributed by atoms with Crippen molar-refractivity contribution in [1.29, 1.82) is 0 Å². The summed E-state index contributed by atoms with van der Waals surface area (Å²) in [5, 5.41) is 10.8. The number of aromatic amines is 1. The van der Waals surface area contributed by atoms with Gasteiger partial charge in [0.15, 0.2) is 0 Å². The molecular formula is C18H14F2N6O. The van der Waals surface area contributed by atoms with Gasteiger partial charge in [0.2, 0.25) is 5.82 Å². The number of halogens is 2. The first-order valence-corrected chi connectivity index (χ1v) is 8.04. The van der Waals surface area contributed by atoms with Crippen LogP contribution in [0.1, 0.15) is 22.6 Å². The Morgan fingerprint density at radius 3 is 2.81 bits per heavy atom. The number of amides is 1. The number of anilines is 1. The summed E-state index contributed by atoms with van der Waals surface area (Å²) in [5.74, 6) is 0.0117. The molecule has 1 aromatic carbocycles. The van der Waals surface area contributed by atoms with Crippen molar-refractivity contribution < 1.29 is 13.6 Å². The van der Waals surface area contributed by atoms with E-state index in [9.17, 15) is 13.6 Å². The van der Waals surface area contributed by atoms with E-state index in [1.54, 1.807) is 43.6 Å². The highest BCUT2D eigenvalue weighted by atomic mass is 19.3. The summed E-state index contributed by atoms with van der Waals surface area (Å²) in [5.41, 5.74) is 1.60. The van der Waals surface area contributed by atoms with E-state index >= 15 is 0 Å². The van der Waals surface area contributed by atoms with Crippen LogP contribution in [-0.4, -0.2) is 30.6 Å². The third kappa shape index (κ3) is 3.14. The van der Waals surface area contributed by atoms with Gasteiger partial charge in [-0.05, 0) is 6.07 Å². The minimum atomic E-state index is -2.58. The lowest BCUT2D eigenvalue weighted by molar-refractivity contribution is 0.101. The van der Waals surface area contributed by atoms with E-state index < -0.39 is 12.3 Å². The number of carbonyl (C=O) groups is 1. The molecule has 0 aliphatic rings. The van der Waals surface area contributed by atoms with Gasteiger partial charge in [-0.15, -0.1) is 10.2 Å². The Morgan fingerprint density at radius 2 is 2.07 bits per heavy atom. The van der Waals surface area contributed by atoms with Crippen LogP contribution >= 0.6 is 0 Å². The number of H-pyrrole nitrogens is 1. The van der Waals surface area contributed by atoms with Crippen LogP contribution in [0.5, 0.6) is 0 Å². The van der Waals surface area contributed by atoms with Gasteiger partial charge >= 0.3 is 0 Å². The molecule has 0 unspecified atom stereocenters. The highest BCUT2D eigenvalue weighted by Gasteiger charge is 2.16. The molecule has 0 fully saturated rings. The molecule has 1 amide bonds. The number of aryl methyl sites for hydroxylation is 1. The van der Waals surface area contributed by atoms with Crippen LogP contribution in [0.15, 0.2) is 48.9 Å². The molecule has 0 atom stereocenters. The Balaban J connectivity index is 1.67. The van der Waals surface area contributed by atoms with Crippen molar-refractivity contribution in [3.63, 3.8) is 0 Å². The number of aromatic nitrogens is 5. The molecule has 3 heterocycles. The summed E-state index contributed by atoms with van der Waals surface area (Å²) in [7, 11) is 1.66. The first kappa shape index (κ1) is 16.8. The van der Waals surface area contributed by atoms with Gasteiger partial charge in [0.25, 0.3) is 12.3 Å². The normalized spacial score (nSPS) is 11.3. The molecule has 0 saturated heterocycles. The molecule has 0 spiro atoms. The lowest BCUT2D eigenvalue weighted by atomic mass is 10.1. The van der Waals surface area contributed by atoms with Crippen LogP contribution < -0.4 is 5.32 Å². The number of pyridine rings is 1. The third-order valence-corrected chi connectivity index (χ3v) is 4.15. The van der Waals surface area contributed by atoms with Crippen molar-refractivity contribution in [2.45, 2.75) is 6.43 Å². The Labute approximate surface area is 152 Å². The Hall–Kier alpha value is -3.62. The monoisotopic (exact) mass is 368 g/mol. The topological polar surface area (TPSA) is 88.5 Å². The zero-order chi connectivity index (χ0) is 19.0. The predicted octanol–water partition coefficient (Wildman–Crippen LogP) is 3.55. The number of fused-ring (bicyclic) bond motifs is 1. The maximum Gasteiger partial charge on any atom is 0.294 e. The number of hydrogen-bond acceptors (Lipinski definition) is 4. The van der Waals surface area contributed by atoms with Gasteiger partial charge in [0, 0.05) is 41.5 Å². The fourth-order valence-corrected chi connectivity index (χ4v) is 2.83. The average molecular weight is 368 g/mol. The van der Waals surface area contributed by atoms with Crippen molar-refractivity contribution in [1.82, 2.24) is 24.7 Å². The third-order valence-electron chi connectivity index (χ3n) is 4.15. The van der Waals surface area contributed by atoms with Crippen LogP contribution in [0.2, 0.25) is 0 Å². The van der Waals surface area contributed by atoms with Crippen molar-refractivity contribution in [3.8, 4) is 11.3 Å². The lowest BCUT2D eigenvalue weighted by Gasteiger charge is -2.06. The van der Waals surface area contributed by atoms with E-state index in [4.69, 9.17) is 0 Å². The number of rotatable bonds is 4. The number of nitrogens with zero attached hydrogens (tertiary/aromatic N) is 4. The summed E-state index contributed by atoms with van der Waals surface area (Å²) in [6.07, 6.45) is 0.405. The molecule has 4 aromatic rings. The van der Waals surface area contributed by atoms with E-state index in [-0.39, 0.29) is 11.4 Å². The molecule has 7 nitrogen and oxygen atoms in total. The Bertz CT molecular complexity index is 1130. The summed E-state index contributed by atoms with van der Waals surface area (Å²) < 4.78 is 28.0. The van der Waals surface area contributed by atoms with Gasteiger partial charge in [0.1, 0.15) is 12.1 Å². The smallest absolute Gasteiger partial charge is 0.294 e. The van der Waals surface area contributed by atoms with Crippen molar-refractivity contribution >= 4 is 22.6 Å². The van der Waals surface area contributed by atoms with Crippen LogP contribution in [0.3, 0.4) is 0 Å². The van der Waals surface area contributed by atoms with Crippen molar-refractivity contribution in [2.24, 2.45) is 7.05 Å². The van der Waals surface area contributed by atoms with Crippen LogP contribution in [-0.2, 0) is 7.05 Å². The molecule has 0 saturated carbocycles. The standard InChI is InChI=1S/C18H14F2N6O/c1-26-9-22-25-17(26)18(27)24-15-7-13-10(8-21-15)6-14(23-13)11-4-2-3-5-12(11)16(19)20/h2-9,16,23H,1H3,(H,21,24,27). The van der Waals surface area contributed by atoms with Gasteiger partial charge in [0.05, 0.1) is 5.52 Å². The van der Waals surface area contributed by atoms with Gasteiger partial charge < -0.3 is 14.9 Å². The van der Waals surface area contributed by atoms with Gasteiger partial charge in [-0.3, -0.25) is 4.79 Å². The Morgan fingerprint density at radius 1 is 1.26 bits per heavy atom. The van der Waals surface area contributed by atoms with Crippen molar-refractivity contribution in [3.05, 3.63) is 60.3 Å². The molecule has 2 N–H and O–H groups in total. The molecule has 136 valence electrons. The SMILES string of the molecule is Cn1cnnc1C(=O)Nc1cc2[nH]c(-c3ccccc3C(F)F)cc2cn1. The van der Waals surface area contributed by atoms with Crippen molar-refractivity contribution in [2.75, 3.05) is 5.32 Å². The van der Waals surface area contributed by atoms with Gasteiger partial charge in [-0.1, -0.05) is 24.3 Å². The predicted molar refractivity (Wildman–Crippen MR) is 95.4 cm³/mol. The van der Waals surface area contributed by atoms with E-state index in [0.717, 1.165) is 5.39 Å². The molecule has 9 heteroatoms. The molecular weight excluding hydrogens is 354 g/mol. The second-order valence-corrected chi connectivity index (χ2v) is 5.95. The van der Waals surface area contributed by atoms with Crippen LogP contribution in [0.4, 0.5) is 14.6 Å². The number of hydrogen-bond donors (Lipinski definition) is 2. The highest BCUT2D eigenvalue weighted by molar-refractivity contribution is 6.02. The largest absolute Gasteiger partial charge is 0.354 e. The average Bonchev–Trinajstić information content (AvgIpc) is 3.27. The molecule has 0 radical (unpaired) electrons. The van der Waals surface area contributed by atoms with E-state index in [0.29, 0.717) is 22.6 Å². The van der Waals surface area contributed by atoms with E-state index in [2.05, 4.69) is 25.5 Å². The maximum absolute atomic E-state index is 13.3. The van der Waals surface area contributed by atoms with Crippen LogP contribution in [0.25, 0.3) is 22.2 Å². The molecule has 0 aliphatic heterocycles. The minimum absolute atomic E-state index is 0.0483. The number of benzene rings is 1. The summed E-state index contributed by atoms with van der Waals surface area (Å²) in [6, 6.07) is 9.70. The van der Waals surface area contributed by atoms with Gasteiger partial charge in [-0.25, -0.2) is 13.8 Å². The number of carbonyl (C=O) groups excluding carboxylic acids is 1. The molecule has 3 aromatic heterocycles. The minimum Gasteiger partial charge on any atom is -0.354 e. The summed E-state index contributed by atoms with van der Waals surface area (Å²) >= 11 is 0. The first-order valence-electron chi connectivity index (χ1n) is 8.04. The quantitative estimate of drug-likeness (QED) is 0.577. The van der Waals surface area contributed by atoms with Gasteiger partial charge in [-0.2, -0.15) is 0 Å². The van der Waals surface area contributed by atoms with E-state index in [1.165, 1.54) is 17.0 Å². The maximum atomic E-state index is 13.3. The zero-order valence-corrected chi connectivity index (χ0v) is 14.1. The first-order chi connectivity index (χ1) is 13.0. The fraction of sp³-hybridized carbons (Fsp3) is 0.111. The second-order valence-electron chi connectivity index (χ2n) is 5.95. The second kappa shape index (κ2) is 6.60. The molecule has 0 aliphatic carbocycles. The molecule has 4 rings (SSSR count). The summed E-state index contributed by atoms with van der Waals surface area (Å²) in [6.45, 7) is 0. The zero-order valence-electron chi connectivity index (χ0n) is 14.1. The van der Waals surface area contributed by atoms with E-state index in [1.807, 2.05) is 0 Å². The number of nitrogens with one attached hydrogen (secondary N) is 2. The molecule has 0 bridgehead atoms. The lowest BCUT2D eigenvalue weighted by Crippen LogP contribution is -2.17. The van der Waals surface area contributed by atoms with Crippen LogP contribution in [0, 0.1) is 0 Å². The Kier molecular flexibility index (Phi) is 4.11. The number of alkyl halides is 2. The summed E-state index contributed by atoms with van der Waals surface area (Å²) in [4.78, 5) is 19.5. The fourth-order valence-electron chi connectivity index (χ4n) is 2.83. The highest BCUT2D eigenvalue weighted by Crippen LogP contribution is 2.32.